The Labute approximate surface area is 136 Å². The predicted octanol–water partition coefficient (Wildman–Crippen LogP) is -0.636. The summed E-state index contributed by atoms with van der Waals surface area (Å²) >= 11 is 0.798. The van der Waals surface area contributed by atoms with Gasteiger partial charge in [0.25, 0.3) is 0 Å². The van der Waals surface area contributed by atoms with Crippen molar-refractivity contribution in [2.45, 2.75) is 30.2 Å². The zero-order chi connectivity index (χ0) is 17.0. The molecule has 23 heavy (non-hydrogen) atoms. The molecule has 0 fully saturated rings. The van der Waals surface area contributed by atoms with Gasteiger partial charge in [0.1, 0.15) is 18.3 Å². The summed E-state index contributed by atoms with van der Waals surface area (Å²) in [7, 11) is 0. The van der Waals surface area contributed by atoms with Crippen LogP contribution in [0.1, 0.15) is 5.56 Å². The number of aliphatic hydroxyl groups is 5. The average Bonchev–Trinajstić information content (AvgIpc) is 3.00. The maximum atomic E-state index is 11.9. The fraction of sp³-hybridized carbons (Fsp3) is 0.400. The van der Waals surface area contributed by atoms with Crippen LogP contribution in [0, 0.1) is 0 Å². The highest BCUT2D eigenvalue weighted by atomic mass is 32.2. The van der Waals surface area contributed by atoms with Crippen molar-refractivity contribution >= 4 is 27.8 Å². The van der Waals surface area contributed by atoms with Crippen LogP contribution in [-0.2, 0) is 10.5 Å². The van der Waals surface area contributed by atoms with Gasteiger partial charge in [-0.2, -0.15) is 0 Å². The molecule has 2 aromatic rings. The van der Waals surface area contributed by atoms with Crippen LogP contribution in [0.15, 0.2) is 30.5 Å². The summed E-state index contributed by atoms with van der Waals surface area (Å²) in [4.78, 5) is 15.0. The van der Waals surface area contributed by atoms with Crippen molar-refractivity contribution in [2.24, 2.45) is 0 Å². The third-order valence-corrected chi connectivity index (χ3v) is 4.52. The first kappa shape index (κ1) is 17.9. The third-order valence-electron chi connectivity index (χ3n) is 3.54. The summed E-state index contributed by atoms with van der Waals surface area (Å²) < 4.78 is 0. The second-order valence-electron chi connectivity index (χ2n) is 5.14. The first-order chi connectivity index (χ1) is 11.0. The first-order valence-corrected chi connectivity index (χ1v) is 7.99. The number of carbonyl (C=O) groups is 1. The number of benzene rings is 1. The molecule has 0 aliphatic heterocycles. The molecular formula is C15H19NO6S. The van der Waals surface area contributed by atoms with E-state index in [1.165, 1.54) is 0 Å². The molecule has 8 heteroatoms. The topological polar surface area (TPSA) is 134 Å². The summed E-state index contributed by atoms with van der Waals surface area (Å²) in [6, 6.07) is 7.56. The Morgan fingerprint density at radius 2 is 1.83 bits per heavy atom. The third kappa shape index (κ3) is 4.11. The molecule has 0 saturated carbocycles. The Morgan fingerprint density at radius 1 is 1.13 bits per heavy atom. The van der Waals surface area contributed by atoms with Crippen molar-refractivity contribution in [3.8, 4) is 0 Å². The molecule has 0 spiro atoms. The van der Waals surface area contributed by atoms with E-state index < -0.39 is 36.1 Å². The van der Waals surface area contributed by atoms with Crippen LogP contribution in [-0.4, -0.2) is 66.7 Å². The quantitative estimate of drug-likeness (QED) is 0.395. The van der Waals surface area contributed by atoms with E-state index in [2.05, 4.69) is 4.98 Å². The van der Waals surface area contributed by atoms with Crippen LogP contribution in [0.5, 0.6) is 0 Å². The summed E-state index contributed by atoms with van der Waals surface area (Å²) in [5.41, 5.74) is 1.80. The van der Waals surface area contributed by atoms with Crippen molar-refractivity contribution in [3.05, 3.63) is 36.0 Å². The van der Waals surface area contributed by atoms with E-state index in [0.29, 0.717) is 0 Å². The number of hydrogen-bond acceptors (Lipinski definition) is 7. The highest BCUT2D eigenvalue weighted by molar-refractivity contribution is 8.13. The van der Waals surface area contributed by atoms with Crippen molar-refractivity contribution < 1.29 is 30.3 Å². The van der Waals surface area contributed by atoms with Crippen LogP contribution in [0.3, 0.4) is 0 Å². The van der Waals surface area contributed by atoms with Gasteiger partial charge in [-0.25, -0.2) is 0 Å². The Morgan fingerprint density at radius 3 is 2.52 bits per heavy atom. The smallest absolute Gasteiger partial charge is 0.220 e. The number of hydrogen-bond donors (Lipinski definition) is 6. The van der Waals surface area contributed by atoms with Crippen molar-refractivity contribution in [3.63, 3.8) is 0 Å². The molecule has 0 saturated heterocycles. The number of para-hydroxylation sites is 1. The van der Waals surface area contributed by atoms with E-state index in [0.717, 1.165) is 28.2 Å². The van der Waals surface area contributed by atoms with Gasteiger partial charge in [0.05, 0.1) is 6.61 Å². The van der Waals surface area contributed by atoms with E-state index in [1.54, 1.807) is 6.20 Å². The molecule has 0 amide bonds. The lowest BCUT2D eigenvalue weighted by Gasteiger charge is -2.24. The maximum absolute atomic E-state index is 11.9. The Bertz CT molecular complexity index is 660. The molecule has 0 unspecified atom stereocenters. The van der Waals surface area contributed by atoms with Crippen LogP contribution in [0.4, 0.5) is 0 Å². The lowest BCUT2D eigenvalue weighted by molar-refractivity contribution is -0.139. The predicted molar refractivity (Wildman–Crippen MR) is 85.7 cm³/mol. The number of thioether (sulfide) groups is 1. The molecule has 1 aromatic carbocycles. The molecule has 4 atom stereocenters. The standard InChI is InChI=1S/C15H19NO6S/c17-6-11(18)12(19)13(20)14(21)15(22)23-7-8-5-16-10-4-2-1-3-9(8)10/h1-5,11-14,16-21H,6-7H2/t11-,12-,13+,14-/m1/s1. The summed E-state index contributed by atoms with van der Waals surface area (Å²) in [5.74, 6) is 0.283. The highest BCUT2D eigenvalue weighted by Crippen LogP contribution is 2.24. The number of aliphatic hydroxyl groups excluding tert-OH is 5. The van der Waals surface area contributed by atoms with Gasteiger partial charge >= 0.3 is 0 Å². The van der Waals surface area contributed by atoms with Crippen LogP contribution < -0.4 is 0 Å². The zero-order valence-electron chi connectivity index (χ0n) is 12.2. The number of aromatic amines is 1. The molecule has 1 heterocycles. The van der Waals surface area contributed by atoms with Crippen molar-refractivity contribution in [1.82, 2.24) is 4.98 Å². The van der Waals surface area contributed by atoms with Crippen LogP contribution in [0.25, 0.3) is 10.9 Å². The Hall–Kier alpha value is -1.42. The van der Waals surface area contributed by atoms with E-state index in [4.69, 9.17) is 5.11 Å². The fourth-order valence-corrected chi connectivity index (χ4v) is 2.99. The number of nitrogens with one attached hydrogen (secondary N) is 1. The average molecular weight is 341 g/mol. The lowest BCUT2D eigenvalue weighted by atomic mass is 10.0. The number of fused-ring (bicyclic) bond motifs is 1. The summed E-state index contributed by atoms with van der Waals surface area (Å²) in [6.45, 7) is -0.790. The minimum Gasteiger partial charge on any atom is -0.394 e. The summed E-state index contributed by atoms with van der Waals surface area (Å²) in [5, 5.41) is 47.1. The van der Waals surface area contributed by atoms with Gasteiger partial charge in [-0.05, 0) is 11.6 Å². The minimum absolute atomic E-state index is 0.283. The number of rotatable bonds is 7. The van der Waals surface area contributed by atoms with Gasteiger partial charge in [0.15, 0.2) is 6.10 Å². The second kappa shape index (κ2) is 7.91. The fourth-order valence-electron chi connectivity index (χ4n) is 2.15. The Balaban J connectivity index is 1.96. The molecule has 126 valence electrons. The van der Waals surface area contributed by atoms with E-state index in [9.17, 15) is 25.2 Å². The number of H-pyrrole nitrogens is 1. The van der Waals surface area contributed by atoms with Crippen molar-refractivity contribution in [1.29, 1.82) is 0 Å². The van der Waals surface area contributed by atoms with Gasteiger partial charge in [0.2, 0.25) is 5.12 Å². The number of aromatic nitrogens is 1. The van der Waals surface area contributed by atoms with Gasteiger partial charge in [-0.3, -0.25) is 4.79 Å². The molecule has 0 bridgehead atoms. The molecule has 0 radical (unpaired) electrons. The highest BCUT2D eigenvalue weighted by Gasteiger charge is 2.34. The Kier molecular flexibility index (Phi) is 6.17. The first-order valence-electron chi connectivity index (χ1n) is 7.00. The minimum atomic E-state index is -1.87. The maximum Gasteiger partial charge on any atom is 0.220 e. The molecule has 1 aromatic heterocycles. The largest absolute Gasteiger partial charge is 0.394 e. The van der Waals surface area contributed by atoms with Crippen LogP contribution >= 0.6 is 11.8 Å². The molecule has 2 rings (SSSR count). The lowest BCUT2D eigenvalue weighted by Crippen LogP contribution is -2.48. The molecule has 0 aliphatic carbocycles. The molecular weight excluding hydrogens is 322 g/mol. The second-order valence-corrected chi connectivity index (χ2v) is 6.12. The molecule has 0 aliphatic rings. The van der Waals surface area contributed by atoms with E-state index >= 15 is 0 Å². The van der Waals surface area contributed by atoms with E-state index in [1.807, 2.05) is 24.3 Å². The zero-order valence-corrected chi connectivity index (χ0v) is 13.0. The van der Waals surface area contributed by atoms with E-state index in [-0.39, 0.29) is 5.75 Å². The monoisotopic (exact) mass is 341 g/mol. The van der Waals surface area contributed by atoms with Gasteiger partial charge in [0, 0.05) is 22.9 Å². The molecule has 7 nitrogen and oxygen atoms in total. The van der Waals surface area contributed by atoms with Gasteiger partial charge < -0.3 is 30.5 Å². The van der Waals surface area contributed by atoms with Gasteiger partial charge in [-0.15, -0.1) is 0 Å². The number of carbonyl (C=O) groups excluding carboxylic acids is 1. The normalized spacial score (nSPS) is 16.9. The van der Waals surface area contributed by atoms with Gasteiger partial charge in [-0.1, -0.05) is 30.0 Å². The molecule has 6 N–H and O–H groups in total. The SMILES string of the molecule is O=C(SCc1c[nH]c2ccccc12)[C@H](O)[C@@H](O)[C@H](O)[C@H](O)CO. The van der Waals surface area contributed by atoms with Crippen molar-refractivity contribution in [2.75, 3.05) is 6.61 Å². The summed E-state index contributed by atoms with van der Waals surface area (Å²) in [6.07, 6.45) is -5.42. The van der Waals surface area contributed by atoms with Crippen LogP contribution in [0.2, 0.25) is 0 Å².